The van der Waals surface area contributed by atoms with Gasteiger partial charge < -0.3 is 25.2 Å². The Morgan fingerprint density at radius 2 is 1.60 bits per heavy atom. The molecule has 0 aliphatic rings. The lowest BCUT2D eigenvalue weighted by Crippen LogP contribution is -2.48. The summed E-state index contributed by atoms with van der Waals surface area (Å²) in [6.07, 6.45) is 2.77. The van der Waals surface area contributed by atoms with Crippen molar-refractivity contribution in [2.45, 2.75) is 72.1 Å². The van der Waals surface area contributed by atoms with Gasteiger partial charge in [0, 0.05) is 48.9 Å². The summed E-state index contributed by atoms with van der Waals surface area (Å²) in [7, 11) is 0. The summed E-state index contributed by atoms with van der Waals surface area (Å²) in [4.78, 5) is 29.3. The number of aromatic nitrogens is 1. The predicted molar refractivity (Wildman–Crippen MR) is 178 cm³/mol. The van der Waals surface area contributed by atoms with Gasteiger partial charge >= 0.3 is 0 Å². The number of nitrogens with one attached hydrogen (secondary N) is 2. The molecule has 2 amide bonds. The first-order valence-corrected chi connectivity index (χ1v) is 16.2. The average molecular weight is 647 g/mol. The first-order chi connectivity index (χ1) is 22.6. The van der Waals surface area contributed by atoms with Gasteiger partial charge in [0.25, 0.3) is 11.8 Å². The van der Waals surface area contributed by atoms with Gasteiger partial charge in [0.1, 0.15) is 17.9 Å². The smallest absolute Gasteiger partial charge is 0.253 e. The molecular weight excluding hydrogens is 602 g/mol. The molecule has 0 aliphatic heterocycles. The van der Waals surface area contributed by atoms with Crippen LogP contribution in [0.15, 0.2) is 71.4 Å². The average Bonchev–Trinajstić information content (AvgIpc) is 3.49. The largest absolute Gasteiger partial charge is 0.390 e. The Hall–Kier alpha value is -4.41. The number of aryl methyl sites for hydroxylation is 2. The molecule has 0 fully saturated rings. The van der Waals surface area contributed by atoms with E-state index in [1.54, 1.807) is 24.0 Å². The van der Waals surface area contributed by atoms with Crippen molar-refractivity contribution < 1.29 is 28.0 Å². The summed E-state index contributed by atoms with van der Waals surface area (Å²) in [6, 6.07) is 15.2. The maximum Gasteiger partial charge on any atom is 0.253 e. The summed E-state index contributed by atoms with van der Waals surface area (Å²) in [6.45, 7) is 9.57. The van der Waals surface area contributed by atoms with Gasteiger partial charge in [0.15, 0.2) is 0 Å². The highest BCUT2D eigenvalue weighted by Gasteiger charge is 2.25. The maximum atomic E-state index is 14.1. The Kier molecular flexibility index (Phi) is 12.8. The first kappa shape index (κ1) is 35.4. The summed E-state index contributed by atoms with van der Waals surface area (Å²) in [5, 5.41) is 21.4. The summed E-state index contributed by atoms with van der Waals surface area (Å²) < 4.78 is 33.4. The van der Waals surface area contributed by atoms with Gasteiger partial charge in [-0.3, -0.25) is 9.59 Å². The second-order valence-electron chi connectivity index (χ2n) is 11.8. The number of aliphatic hydroxyl groups is 1. The molecule has 250 valence electrons. The van der Waals surface area contributed by atoms with Crippen molar-refractivity contribution in [1.82, 2.24) is 20.7 Å². The predicted octanol–water partition coefficient (Wildman–Crippen LogP) is 6.24. The van der Waals surface area contributed by atoms with Gasteiger partial charge in [0.05, 0.1) is 17.8 Å². The van der Waals surface area contributed by atoms with Crippen LogP contribution in [0.1, 0.15) is 76.7 Å². The molecule has 1 heterocycles. The van der Waals surface area contributed by atoms with Crippen LogP contribution < -0.4 is 10.6 Å². The highest BCUT2D eigenvalue weighted by atomic mass is 19.1. The third kappa shape index (κ3) is 9.79. The van der Waals surface area contributed by atoms with E-state index >= 15 is 0 Å². The number of aliphatic hydroxyl groups excluding tert-OH is 1. The van der Waals surface area contributed by atoms with E-state index in [0.29, 0.717) is 42.0 Å². The van der Waals surface area contributed by atoms with E-state index < -0.39 is 29.7 Å². The molecule has 2 atom stereocenters. The highest BCUT2D eigenvalue weighted by Crippen LogP contribution is 2.26. The highest BCUT2D eigenvalue weighted by molar-refractivity contribution is 6.01. The molecule has 8 nitrogen and oxygen atoms in total. The molecule has 0 aliphatic carbocycles. The summed E-state index contributed by atoms with van der Waals surface area (Å²) >= 11 is 0. The van der Waals surface area contributed by atoms with E-state index in [-0.39, 0.29) is 30.0 Å². The molecule has 0 saturated heterocycles. The Bertz CT molecular complexity index is 1630. The lowest BCUT2D eigenvalue weighted by atomic mass is 9.97. The zero-order valence-electron chi connectivity index (χ0n) is 27.5. The third-order valence-corrected chi connectivity index (χ3v) is 8.02. The number of rotatable bonds is 16. The normalized spacial score (nSPS) is 12.5. The molecular formula is C37H44F2N4O4. The standard InChI is InChI=1S/C37H44F2N4O4/c1-5-11-43(12-6-2)37(46)30-18-28(33-23-47-42-24(33)4)17-29(19-30)36(45)41-34(16-27-14-31(38)20-32(39)15-27)35(44)22-40-21-26-10-8-9-25(7-3)13-26/h8-10,13-15,17-20,23,34-35,40,44H,5-7,11-12,16,21-22H2,1-4H3,(H,41,45)/t34-,35+/m0/s1. The van der Waals surface area contributed by atoms with Crippen molar-refractivity contribution in [3.8, 4) is 11.1 Å². The van der Waals surface area contributed by atoms with Crippen LogP contribution in [0.2, 0.25) is 0 Å². The Balaban J connectivity index is 1.63. The molecule has 4 aromatic rings. The van der Waals surface area contributed by atoms with Crippen LogP contribution in [0.4, 0.5) is 8.78 Å². The number of amides is 2. The molecule has 0 saturated carbocycles. The van der Waals surface area contributed by atoms with E-state index in [2.05, 4.69) is 28.8 Å². The van der Waals surface area contributed by atoms with Gasteiger partial charge in [-0.05, 0) is 85.2 Å². The second-order valence-corrected chi connectivity index (χ2v) is 11.8. The molecule has 47 heavy (non-hydrogen) atoms. The monoisotopic (exact) mass is 646 g/mol. The van der Waals surface area contributed by atoms with Crippen molar-refractivity contribution in [2.75, 3.05) is 19.6 Å². The van der Waals surface area contributed by atoms with Crippen LogP contribution in [-0.4, -0.2) is 58.8 Å². The molecule has 3 N–H and O–H groups in total. The topological polar surface area (TPSA) is 108 Å². The van der Waals surface area contributed by atoms with Crippen molar-refractivity contribution in [3.63, 3.8) is 0 Å². The van der Waals surface area contributed by atoms with Crippen LogP contribution in [0.3, 0.4) is 0 Å². The molecule has 10 heteroatoms. The summed E-state index contributed by atoms with van der Waals surface area (Å²) in [5.74, 6) is -2.26. The van der Waals surface area contributed by atoms with Crippen molar-refractivity contribution >= 4 is 11.8 Å². The van der Waals surface area contributed by atoms with Gasteiger partial charge in [-0.1, -0.05) is 50.2 Å². The van der Waals surface area contributed by atoms with E-state index in [0.717, 1.165) is 30.9 Å². The van der Waals surface area contributed by atoms with Crippen molar-refractivity contribution in [2.24, 2.45) is 0 Å². The molecule has 0 unspecified atom stereocenters. The van der Waals surface area contributed by atoms with Crippen molar-refractivity contribution in [3.05, 3.63) is 112 Å². The van der Waals surface area contributed by atoms with E-state index in [9.17, 15) is 23.5 Å². The number of carbonyl (C=O) groups excluding carboxylic acids is 2. The Morgan fingerprint density at radius 1 is 0.915 bits per heavy atom. The first-order valence-electron chi connectivity index (χ1n) is 16.2. The lowest BCUT2D eigenvalue weighted by Gasteiger charge is -2.26. The van der Waals surface area contributed by atoms with Crippen LogP contribution in [0, 0.1) is 18.6 Å². The minimum absolute atomic E-state index is 0.0361. The fourth-order valence-corrected chi connectivity index (χ4v) is 5.63. The van der Waals surface area contributed by atoms with Crippen LogP contribution in [0.25, 0.3) is 11.1 Å². The molecule has 1 aromatic heterocycles. The maximum absolute atomic E-state index is 14.1. The zero-order valence-corrected chi connectivity index (χ0v) is 27.5. The van der Waals surface area contributed by atoms with Crippen LogP contribution in [-0.2, 0) is 19.4 Å². The minimum atomic E-state index is -1.12. The van der Waals surface area contributed by atoms with Crippen LogP contribution in [0.5, 0.6) is 0 Å². The fraction of sp³-hybridized carbons (Fsp3) is 0.378. The number of nitrogens with zero attached hydrogens (tertiary/aromatic N) is 2. The third-order valence-electron chi connectivity index (χ3n) is 8.02. The number of carbonyl (C=O) groups is 2. The lowest BCUT2D eigenvalue weighted by molar-refractivity contribution is 0.0755. The Morgan fingerprint density at radius 3 is 2.23 bits per heavy atom. The molecule has 0 radical (unpaired) electrons. The molecule has 0 spiro atoms. The van der Waals surface area contributed by atoms with Gasteiger partial charge in [-0.25, -0.2) is 8.78 Å². The van der Waals surface area contributed by atoms with E-state index in [1.165, 1.54) is 30.0 Å². The SMILES string of the molecule is CCCN(CCC)C(=O)c1cc(C(=O)N[C@@H](Cc2cc(F)cc(F)c2)[C@H](O)CNCc2cccc(CC)c2)cc(-c2conc2C)c1. The quantitative estimate of drug-likeness (QED) is 0.133. The summed E-state index contributed by atoms with van der Waals surface area (Å²) in [5.41, 5.74) is 4.84. The number of hydrogen-bond donors (Lipinski definition) is 3. The Labute approximate surface area is 275 Å². The van der Waals surface area contributed by atoms with Gasteiger partial charge in [-0.2, -0.15) is 0 Å². The molecule has 0 bridgehead atoms. The molecule has 3 aromatic carbocycles. The number of hydrogen-bond acceptors (Lipinski definition) is 6. The number of benzene rings is 3. The minimum Gasteiger partial charge on any atom is -0.390 e. The zero-order chi connectivity index (χ0) is 33.9. The van der Waals surface area contributed by atoms with Crippen LogP contribution >= 0.6 is 0 Å². The van der Waals surface area contributed by atoms with E-state index in [1.807, 2.05) is 32.0 Å². The second kappa shape index (κ2) is 16.9. The molecule has 4 rings (SSSR count). The van der Waals surface area contributed by atoms with Gasteiger partial charge in [0.2, 0.25) is 0 Å². The fourth-order valence-electron chi connectivity index (χ4n) is 5.63. The van der Waals surface area contributed by atoms with Crippen molar-refractivity contribution in [1.29, 1.82) is 0 Å². The number of halogens is 2. The van der Waals surface area contributed by atoms with Gasteiger partial charge in [-0.15, -0.1) is 0 Å². The van der Waals surface area contributed by atoms with E-state index in [4.69, 9.17) is 4.52 Å².